The van der Waals surface area contributed by atoms with Crippen molar-refractivity contribution in [2.45, 2.75) is 6.42 Å². The summed E-state index contributed by atoms with van der Waals surface area (Å²) in [6.45, 7) is 0. The number of rotatable bonds is 4. The summed E-state index contributed by atoms with van der Waals surface area (Å²) >= 11 is 5.66. The van der Waals surface area contributed by atoms with Crippen LogP contribution in [0.4, 0.5) is 5.69 Å². The topological polar surface area (TPSA) is 98.0 Å². The smallest absolute Gasteiger partial charge is 0.275 e. The van der Waals surface area contributed by atoms with E-state index in [-0.39, 0.29) is 17.3 Å². The number of primary amides is 1. The molecular weight excluding hydrogens is 280 g/mol. The van der Waals surface area contributed by atoms with Gasteiger partial charge in [-0.05, 0) is 17.7 Å². The van der Waals surface area contributed by atoms with Gasteiger partial charge in [0.15, 0.2) is 0 Å². The van der Waals surface area contributed by atoms with E-state index in [2.05, 4.69) is 15.3 Å². The van der Waals surface area contributed by atoms with Gasteiger partial charge >= 0.3 is 0 Å². The van der Waals surface area contributed by atoms with E-state index < -0.39 is 11.8 Å². The molecule has 1 heterocycles. The lowest BCUT2D eigenvalue weighted by Crippen LogP contribution is -2.15. The maximum Gasteiger partial charge on any atom is 0.275 e. The predicted octanol–water partition coefficient (Wildman–Crippen LogP) is 1.41. The Labute approximate surface area is 120 Å². The largest absolute Gasteiger partial charge is 0.369 e. The Morgan fingerprint density at radius 3 is 2.50 bits per heavy atom. The van der Waals surface area contributed by atoms with Crippen molar-refractivity contribution in [3.63, 3.8) is 0 Å². The van der Waals surface area contributed by atoms with Crippen LogP contribution in [0.3, 0.4) is 0 Å². The van der Waals surface area contributed by atoms with E-state index in [1.165, 1.54) is 12.4 Å². The van der Waals surface area contributed by atoms with Crippen LogP contribution in [-0.2, 0) is 11.2 Å². The molecule has 3 N–H and O–H groups in total. The molecule has 0 atom stereocenters. The highest BCUT2D eigenvalue weighted by molar-refractivity contribution is 6.29. The maximum absolute atomic E-state index is 11.9. The number of nitrogens with zero attached hydrogens (tertiary/aromatic N) is 2. The highest BCUT2D eigenvalue weighted by Crippen LogP contribution is 2.11. The summed E-state index contributed by atoms with van der Waals surface area (Å²) in [5.41, 5.74) is 6.57. The standard InChI is InChI=1S/C13H11ClN4O2/c14-11-7-16-6-10(18-11)13(20)17-9-3-1-8(2-4-9)5-12(15)19/h1-4,6-7H,5H2,(H2,15,19)(H,17,20). The molecule has 0 saturated heterocycles. The fourth-order valence-electron chi connectivity index (χ4n) is 1.55. The molecule has 0 radical (unpaired) electrons. The van der Waals surface area contributed by atoms with E-state index in [0.717, 1.165) is 5.56 Å². The molecule has 6 nitrogen and oxygen atoms in total. The van der Waals surface area contributed by atoms with Gasteiger partial charge in [0, 0.05) is 5.69 Å². The van der Waals surface area contributed by atoms with E-state index in [9.17, 15) is 9.59 Å². The molecular formula is C13H11ClN4O2. The number of anilines is 1. The maximum atomic E-state index is 11.9. The average molecular weight is 291 g/mol. The van der Waals surface area contributed by atoms with Crippen LogP contribution in [0.25, 0.3) is 0 Å². The summed E-state index contributed by atoms with van der Waals surface area (Å²) in [4.78, 5) is 30.3. The van der Waals surface area contributed by atoms with Gasteiger partial charge in [0.25, 0.3) is 5.91 Å². The lowest BCUT2D eigenvalue weighted by Gasteiger charge is -2.05. The lowest BCUT2D eigenvalue weighted by atomic mass is 10.1. The van der Waals surface area contributed by atoms with Crippen LogP contribution >= 0.6 is 11.6 Å². The number of carbonyl (C=O) groups excluding carboxylic acids is 2. The molecule has 0 fully saturated rings. The summed E-state index contributed by atoms with van der Waals surface area (Å²) in [5.74, 6) is -0.821. The Morgan fingerprint density at radius 2 is 1.90 bits per heavy atom. The molecule has 0 aliphatic rings. The normalized spacial score (nSPS) is 10.1. The van der Waals surface area contributed by atoms with Crippen LogP contribution < -0.4 is 11.1 Å². The van der Waals surface area contributed by atoms with Crippen molar-refractivity contribution >= 4 is 29.1 Å². The Kier molecular flexibility index (Phi) is 4.27. The van der Waals surface area contributed by atoms with Crippen molar-refractivity contribution in [3.8, 4) is 0 Å². The van der Waals surface area contributed by atoms with E-state index in [4.69, 9.17) is 17.3 Å². The first kappa shape index (κ1) is 14.0. The number of hydrogen-bond donors (Lipinski definition) is 2. The summed E-state index contributed by atoms with van der Waals surface area (Å²) in [6, 6.07) is 6.77. The number of nitrogens with two attached hydrogens (primary N) is 1. The molecule has 0 aliphatic heterocycles. The van der Waals surface area contributed by atoms with Crippen LogP contribution in [0.1, 0.15) is 16.1 Å². The van der Waals surface area contributed by atoms with Crippen molar-refractivity contribution < 1.29 is 9.59 Å². The van der Waals surface area contributed by atoms with Crippen LogP contribution in [0.15, 0.2) is 36.7 Å². The molecule has 0 saturated carbocycles. The first-order chi connectivity index (χ1) is 9.54. The Hall–Kier alpha value is -2.47. The molecule has 102 valence electrons. The van der Waals surface area contributed by atoms with Crippen molar-refractivity contribution in [2.75, 3.05) is 5.32 Å². The third kappa shape index (κ3) is 3.76. The number of benzene rings is 1. The first-order valence-electron chi connectivity index (χ1n) is 5.71. The van der Waals surface area contributed by atoms with Crippen molar-refractivity contribution in [1.82, 2.24) is 9.97 Å². The van der Waals surface area contributed by atoms with E-state index in [1.807, 2.05) is 0 Å². The number of amides is 2. The minimum atomic E-state index is -0.414. The fraction of sp³-hybridized carbons (Fsp3) is 0.0769. The molecule has 0 spiro atoms. The fourth-order valence-corrected chi connectivity index (χ4v) is 1.70. The van der Waals surface area contributed by atoms with Gasteiger partial charge in [-0.1, -0.05) is 23.7 Å². The van der Waals surface area contributed by atoms with Gasteiger partial charge in [0.05, 0.1) is 18.8 Å². The van der Waals surface area contributed by atoms with Gasteiger partial charge in [-0.25, -0.2) is 4.98 Å². The van der Waals surface area contributed by atoms with E-state index >= 15 is 0 Å². The summed E-state index contributed by atoms with van der Waals surface area (Å²) in [6.07, 6.45) is 2.83. The predicted molar refractivity (Wildman–Crippen MR) is 74.3 cm³/mol. The Balaban J connectivity index is 2.06. The zero-order valence-electron chi connectivity index (χ0n) is 10.3. The van der Waals surface area contributed by atoms with Crippen molar-refractivity contribution in [2.24, 2.45) is 5.73 Å². The van der Waals surface area contributed by atoms with Gasteiger partial charge in [-0.15, -0.1) is 0 Å². The van der Waals surface area contributed by atoms with Crippen LogP contribution in [-0.4, -0.2) is 21.8 Å². The SMILES string of the molecule is NC(=O)Cc1ccc(NC(=O)c2cncc(Cl)n2)cc1. The molecule has 20 heavy (non-hydrogen) atoms. The second-order valence-electron chi connectivity index (χ2n) is 4.02. The molecule has 7 heteroatoms. The van der Waals surface area contributed by atoms with Gasteiger partial charge in [-0.2, -0.15) is 0 Å². The van der Waals surface area contributed by atoms with Crippen LogP contribution in [0, 0.1) is 0 Å². The summed E-state index contributed by atoms with van der Waals surface area (Å²) in [7, 11) is 0. The molecule has 2 rings (SSSR count). The molecule has 0 unspecified atom stereocenters. The Bertz CT molecular complexity index is 643. The van der Waals surface area contributed by atoms with Crippen LogP contribution in [0.2, 0.25) is 5.15 Å². The van der Waals surface area contributed by atoms with Gasteiger partial charge in [0.1, 0.15) is 10.8 Å². The second-order valence-corrected chi connectivity index (χ2v) is 4.41. The molecule has 0 aliphatic carbocycles. The third-order valence-electron chi connectivity index (χ3n) is 2.43. The summed E-state index contributed by atoms with van der Waals surface area (Å²) < 4.78 is 0. The Morgan fingerprint density at radius 1 is 1.20 bits per heavy atom. The zero-order chi connectivity index (χ0) is 14.5. The number of aromatic nitrogens is 2. The molecule has 2 aromatic rings. The van der Waals surface area contributed by atoms with Gasteiger partial charge in [0.2, 0.25) is 5.91 Å². The molecule has 1 aromatic heterocycles. The van der Waals surface area contributed by atoms with Crippen molar-refractivity contribution in [1.29, 1.82) is 0 Å². The number of carbonyl (C=O) groups is 2. The number of nitrogens with one attached hydrogen (secondary N) is 1. The second kappa shape index (κ2) is 6.12. The summed E-state index contributed by atoms with van der Waals surface area (Å²) in [5, 5.41) is 2.80. The minimum Gasteiger partial charge on any atom is -0.369 e. The van der Waals surface area contributed by atoms with E-state index in [0.29, 0.717) is 5.69 Å². The van der Waals surface area contributed by atoms with Gasteiger partial charge in [-0.3, -0.25) is 14.6 Å². The molecule has 2 amide bonds. The number of hydrogen-bond acceptors (Lipinski definition) is 4. The molecule has 1 aromatic carbocycles. The van der Waals surface area contributed by atoms with Gasteiger partial charge < -0.3 is 11.1 Å². The lowest BCUT2D eigenvalue weighted by molar-refractivity contribution is -0.117. The quantitative estimate of drug-likeness (QED) is 0.889. The van der Waals surface area contributed by atoms with E-state index in [1.54, 1.807) is 24.3 Å². The number of halogens is 1. The third-order valence-corrected chi connectivity index (χ3v) is 2.61. The van der Waals surface area contributed by atoms with Crippen molar-refractivity contribution in [3.05, 3.63) is 53.1 Å². The first-order valence-corrected chi connectivity index (χ1v) is 6.08. The molecule has 0 bridgehead atoms. The monoisotopic (exact) mass is 290 g/mol. The zero-order valence-corrected chi connectivity index (χ0v) is 11.1. The average Bonchev–Trinajstić information content (AvgIpc) is 2.40. The highest BCUT2D eigenvalue weighted by atomic mass is 35.5. The highest BCUT2D eigenvalue weighted by Gasteiger charge is 2.09. The van der Waals surface area contributed by atoms with Crippen LogP contribution in [0.5, 0.6) is 0 Å². The minimum absolute atomic E-state index is 0.124.